The molecule has 0 heterocycles. The van der Waals surface area contributed by atoms with Crippen molar-refractivity contribution in [3.63, 3.8) is 0 Å². The maximum atomic E-state index is 14.2. The normalized spacial score (nSPS) is 21.2. The third-order valence-corrected chi connectivity index (χ3v) is 5.46. The summed E-state index contributed by atoms with van der Waals surface area (Å²) in [5.41, 5.74) is -2.89. The fraction of sp³-hybridized carbons (Fsp3) is 0.450. The van der Waals surface area contributed by atoms with Gasteiger partial charge in [-0.1, -0.05) is 43.7 Å². The monoisotopic (exact) mass is 458 g/mol. The molecule has 0 aliphatic heterocycles. The van der Waals surface area contributed by atoms with E-state index in [0.717, 1.165) is 0 Å². The smallest absolute Gasteiger partial charge is 0.426 e. The number of hydrogen-bond acceptors (Lipinski definition) is 2. The number of rotatable bonds is 6. The fourth-order valence-electron chi connectivity index (χ4n) is 3.19. The third kappa shape index (κ3) is 4.66. The van der Waals surface area contributed by atoms with Crippen LogP contribution in [0.5, 0.6) is 0 Å². The summed E-state index contributed by atoms with van der Waals surface area (Å²) in [4.78, 5) is 12.2. The molecule has 1 aromatic carbocycles. The quantitative estimate of drug-likeness (QED) is 0.214. The summed E-state index contributed by atoms with van der Waals surface area (Å²) >= 11 is 5.19. The zero-order valence-corrected chi connectivity index (χ0v) is 16.9. The number of carbonyl (C=O) groups is 1. The molecule has 0 aromatic heterocycles. The van der Waals surface area contributed by atoms with Crippen LogP contribution in [-0.2, 0) is 22.6 Å². The molecule has 1 aliphatic carbocycles. The number of ether oxygens (including phenoxy) is 1. The van der Waals surface area contributed by atoms with Gasteiger partial charge in [0.2, 0.25) is 0 Å². The Labute approximate surface area is 173 Å². The molecule has 0 radical (unpaired) electrons. The van der Waals surface area contributed by atoms with E-state index in [4.69, 9.17) is 16.3 Å². The van der Waals surface area contributed by atoms with Crippen molar-refractivity contribution in [1.82, 2.24) is 0 Å². The van der Waals surface area contributed by atoms with Gasteiger partial charge < -0.3 is 4.74 Å². The summed E-state index contributed by atoms with van der Waals surface area (Å²) in [7, 11) is 0. The molecule has 0 spiro atoms. The lowest BCUT2D eigenvalue weighted by molar-refractivity contribution is -0.147. The Hall–Kier alpha value is -2.03. The molecule has 1 aliphatic rings. The Kier molecular flexibility index (Phi) is 6.96. The molecule has 2 unspecified atom stereocenters. The second kappa shape index (κ2) is 8.61. The van der Waals surface area contributed by atoms with Gasteiger partial charge in [-0.3, -0.25) is 4.79 Å². The topological polar surface area (TPSA) is 26.3 Å². The van der Waals surface area contributed by atoms with Crippen LogP contribution in [0.4, 0.5) is 30.7 Å². The molecule has 0 amide bonds. The fourth-order valence-corrected chi connectivity index (χ4v) is 3.32. The zero-order valence-electron chi connectivity index (χ0n) is 16.1. The first kappa shape index (κ1) is 24.2. The van der Waals surface area contributed by atoms with Crippen LogP contribution in [0.25, 0.3) is 0 Å². The average Bonchev–Trinajstić information content (AvgIpc) is 3.19. The first-order valence-electron chi connectivity index (χ1n) is 8.81. The number of carbonyl (C=O) groups excluding carboxylic acids is 1. The lowest BCUT2D eigenvalue weighted by atomic mass is 10.1. The Morgan fingerprint density at radius 1 is 1.07 bits per heavy atom. The van der Waals surface area contributed by atoms with Crippen LogP contribution in [0.15, 0.2) is 23.3 Å². The zero-order chi connectivity index (χ0) is 23.0. The van der Waals surface area contributed by atoms with Crippen molar-refractivity contribution in [3.8, 4) is 0 Å². The maximum absolute atomic E-state index is 14.2. The molecule has 0 N–H and O–H groups in total. The van der Waals surface area contributed by atoms with Gasteiger partial charge in [-0.2, -0.15) is 13.2 Å². The number of hydrogen-bond donors (Lipinski definition) is 0. The summed E-state index contributed by atoms with van der Waals surface area (Å²) in [6, 6.07) is 0. The van der Waals surface area contributed by atoms with Gasteiger partial charge in [0, 0.05) is 5.56 Å². The summed E-state index contributed by atoms with van der Waals surface area (Å²) < 4.78 is 99.0. The van der Waals surface area contributed by atoms with Gasteiger partial charge in [-0.05, 0) is 24.7 Å². The lowest BCUT2D eigenvalue weighted by Gasteiger charge is -2.12. The van der Waals surface area contributed by atoms with E-state index < -0.39 is 75.4 Å². The largest absolute Gasteiger partial charge is 0.460 e. The first-order chi connectivity index (χ1) is 13.7. The maximum Gasteiger partial charge on any atom is 0.426 e. The second-order valence-corrected chi connectivity index (χ2v) is 7.84. The van der Waals surface area contributed by atoms with Crippen molar-refractivity contribution < 1.29 is 40.3 Å². The highest BCUT2D eigenvalue weighted by Gasteiger charge is 2.62. The highest BCUT2D eigenvalue weighted by molar-refractivity contribution is 6.30. The number of benzene rings is 1. The van der Waals surface area contributed by atoms with E-state index in [1.165, 1.54) is 26.0 Å². The highest BCUT2D eigenvalue weighted by atomic mass is 35.5. The minimum Gasteiger partial charge on any atom is -0.460 e. The summed E-state index contributed by atoms with van der Waals surface area (Å²) in [6.07, 6.45) is -1.76. The standard InChI is InChI=1S/C20H18ClF7O2/c1-4-5-6-9-14(22)16(24)10(17(25)15(9)23)8-30-18(29)13-11(19(13,2)3)7-12(21)20(26,27)28/h4-5,7,11,13H,6,8H2,1-3H3. The first-order valence-corrected chi connectivity index (χ1v) is 9.18. The Morgan fingerprint density at radius 3 is 2.03 bits per heavy atom. The van der Waals surface area contributed by atoms with Gasteiger partial charge in [0.1, 0.15) is 11.6 Å². The van der Waals surface area contributed by atoms with E-state index in [9.17, 15) is 35.5 Å². The Bertz CT molecular complexity index is 874. The SMILES string of the molecule is CC=CCc1c(F)c(F)c(COC(=O)C2C(C=C(Cl)C(F)(F)F)C2(C)C)c(F)c1F. The van der Waals surface area contributed by atoms with Gasteiger partial charge in [0.25, 0.3) is 0 Å². The predicted molar refractivity (Wildman–Crippen MR) is 95.3 cm³/mol. The van der Waals surface area contributed by atoms with E-state index in [2.05, 4.69) is 0 Å². The molecule has 1 fully saturated rings. The molecule has 1 saturated carbocycles. The van der Waals surface area contributed by atoms with Crippen LogP contribution >= 0.6 is 11.6 Å². The Balaban J connectivity index is 2.19. The predicted octanol–water partition coefficient (Wildman–Crippen LogP) is 6.36. The molecule has 0 bridgehead atoms. The molecule has 2 nitrogen and oxygen atoms in total. The summed E-state index contributed by atoms with van der Waals surface area (Å²) in [6.45, 7) is 3.40. The average molecular weight is 459 g/mol. The van der Waals surface area contributed by atoms with E-state index in [1.54, 1.807) is 6.92 Å². The molecule has 1 aromatic rings. The summed E-state index contributed by atoms with van der Waals surface area (Å²) in [5, 5.41) is -1.41. The number of esters is 1. The molecule has 0 saturated heterocycles. The van der Waals surface area contributed by atoms with Crippen molar-refractivity contribution in [2.45, 2.75) is 40.0 Å². The van der Waals surface area contributed by atoms with Crippen molar-refractivity contribution >= 4 is 17.6 Å². The van der Waals surface area contributed by atoms with Gasteiger partial charge in [-0.25, -0.2) is 17.6 Å². The molecule has 10 heteroatoms. The molecule has 2 rings (SSSR count). The van der Waals surface area contributed by atoms with E-state index in [1.807, 2.05) is 0 Å². The Morgan fingerprint density at radius 2 is 1.57 bits per heavy atom. The minimum atomic E-state index is -4.79. The van der Waals surface area contributed by atoms with E-state index in [0.29, 0.717) is 6.08 Å². The van der Waals surface area contributed by atoms with E-state index in [-0.39, 0.29) is 6.42 Å². The molecular formula is C20H18ClF7O2. The van der Waals surface area contributed by atoms with Crippen LogP contribution in [0, 0.1) is 40.5 Å². The van der Waals surface area contributed by atoms with Crippen molar-refractivity contribution in [3.05, 3.63) is 57.7 Å². The van der Waals surface area contributed by atoms with Crippen LogP contribution in [0.1, 0.15) is 31.9 Å². The van der Waals surface area contributed by atoms with Gasteiger partial charge >= 0.3 is 12.1 Å². The van der Waals surface area contributed by atoms with E-state index >= 15 is 0 Å². The number of halogens is 8. The van der Waals surface area contributed by atoms with Gasteiger partial charge in [0.05, 0.1) is 11.5 Å². The van der Waals surface area contributed by atoms with Crippen LogP contribution in [0.2, 0.25) is 0 Å². The van der Waals surface area contributed by atoms with Crippen LogP contribution in [-0.4, -0.2) is 12.1 Å². The van der Waals surface area contributed by atoms with Crippen molar-refractivity contribution in [1.29, 1.82) is 0 Å². The molecule has 166 valence electrons. The van der Waals surface area contributed by atoms with Crippen molar-refractivity contribution in [2.24, 2.45) is 17.3 Å². The van der Waals surface area contributed by atoms with Crippen molar-refractivity contribution in [2.75, 3.05) is 0 Å². The number of alkyl halides is 3. The number of allylic oxidation sites excluding steroid dienone is 4. The van der Waals surface area contributed by atoms with Gasteiger partial charge in [0.15, 0.2) is 23.3 Å². The molecule has 30 heavy (non-hydrogen) atoms. The lowest BCUT2D eigenvalue weighted by Crippen LogP contribution is -2.15. The summed E-state index contributed by atoms with van der Waals surface area (Å²) in [5.74, 6) is -9.68. The third-order valence-electron chi connectivity index (χ3n) is 5.12. The van der Waals surface area contributed by atoms with Gasteiger partial charge in [-0.15, -0.1) is 0 Å². The van der Waals surface area contributed by atoms with Crippen LogP contribution in [0.3, 0.4) is 0 Å². The molecular weight excluding hydrogens is 441 g/mol. The second-order valence-electron chi connectivity index (χ2n) is 7.43. The molecule has 2 atom stereocenters. The van der Waals surface area contributed by atoms with Crippen LogP contribution < -0.4 is 0 Å². The highest BCUT2D eigenvalue weighted by Crippen LogP contribution is 2.60. The minimum absolute atomic E-state index is 0.383.